The Morgan fingerprint density at radius 1 is 1.31 bits per heavy atom. The van der Waals surface area contributed by atoms with E-state index in [1.807, 2.05) is 32.0 Å². The molecule has 0 aliphatic carbocycles. The molecule has 3 nitrogen and oxygen atoms in total. The van der Waals surface area contributed by atoms with E-state index in [1.54, 1.807) is 0 Å². The lowest BCUT2D eigenvalue weighted by atomic mass is 9.97. The van der Waals surface area contributed by atoms with Gasteiger partial charge in [-0.3, -0.25) is 4.79 Å². The van der Waals surface area contributed by atoms with Gasteiger partial charge in [-0.05, 0) is 25.0 Å². The summed E-state index contributed by atoms with van der Waals surface area (Å²) >= 11 is 0. The lowest BCUT2D eigenvalue weighted by molar-refractivity contribution is -0.0719. The number of carbonyl (C=O) groups is 1. The Bertz CT molecular complexity index is 392. The Balaban J connectivity index is 2.22. The SMILES string of the molecule is Cc1cccc(C(=O)C2COCCO2)c1C. The van der Waals surface area contributed by atoms with Gasteiger partial charge in [0.2, 0.25) is 0 Å². The third-order valence-electron chi connectivity index (χ3n) is 2.98. The molecule has 2 rings (SSSR count). The highest BCUT2D eigenvalue weighted by Crippen LogP contribution is 2.17. The zero-order chi connectivity index (χ0) is 11.5. The van der Waals surface area contributed by atoms with E-state index in [0.717, 1.165) is 16.7 Å². The third kappa shape index (κ3) is 2.15. The van der Waals surface area contributed by atoms with Gasteiger partial charge in [0.05, 0.1) is 19.8 Å². The predicted octanol–water partition coefficient (Wildman–Crippen LogP) is 1.90. The number of ether oxygens (including phenoxy) is 2. The largest absolute Gasteiger partial charge is 0.376 e. The van der Waals surface area contributed by atoms with Crippen molar-refractivity contribution >= 4 is 5.78 Å². The van der Waals surface area contributed by atoms with Gasteiger partial charge < -0.3 is 9.47 Å². The van der Waals surface area contributed by atoms with Gasteiger partial charge in [0.1, 0.15) is 6.10 Å². The Hall–Kier alpha value is -1.19. The molecule has 1 atom stereocenters. The second-order valence-electron chi connectivity index (χ2n) is 4.05. The third-order valence-corrected chi connectivity index (χ3v) is 2.98. The van der Waals surface area contributed by atoms with Crippen LogP contribution in [0.1, 0.15) is 21.5 Å². The summed E-state index contributed by atoms with van der Waals surface area (Å²) in [6, 6.07) is 5.76. The number of hydrogen-bond donors (Lipinski definition) is 0. The molecule has 0 amide bonds. The topological polar surface area (TPSA) is 35.5 Å². The summed E-state index contributed by atoms with van der Waals surface area (Å²) in [5.41, 5.74) is 2.90. The van der Waals surface area contributed by atoms with E-state index in [4.69, 9.17) is 9.47 Å². The molecule has 0 spiro atoms. The Morgan fingerprint density at radius 2 is 2.12 bits per heavy atom. The second kappa shape index (κ2) is 4.76. The molecule has 0 radical (unpaired) electrons. The first kappa shape index (κ1) is 11.3. The highest BCUT2D eigenvalue weighted by Gasteiger charge is 2.25. The molecule has 16 heavy (non-hydrogen) atoms. The molecule has 0 saturated carbocycles. The summed E-state index contributed by atoms with van der Waals surface area (Å²) < 4.78 is 10.7. The van der Waals surface area contributed by atoms with E-state index in [2.05, 4.69) is 0 Å². The monoisotopic (exact) mass is 220 g/mol. The fraction of sp³-hybridized carbons (Fsp3) is 0.462. The van der Waals surface area contributed by atoms with Crippen molar-refractivity contribution in [3.8, 4) is 0 Å². The van der Waals surface area contributed by atoms with Gasteiger partial charge in [-0.1, -0.05) is 18.2 Å². The lowest BCUT2D eigenvalue weighted by Gasteiger charge is -2.22. The molecule has 0 bridgehead atoms. The molecular weight excluding hydrogens is 204 g/mol. The number of carbonyl (C=O) groups excluding carboxylic acids is 1. The van der Waals surface area contributed by atoms with E-state index in [0.29, 0.717) is 19.8 Å². The van der Waals surface area contributed by atoms with Crippen molar-refractivity contribution in [1.82, 2.24) is 0 Å². The van der Waals surface area contributed by atoms with Gasteiger partial charge >= 0.3 is 0 Å². The average Bonchev–Trinajstić information content (AvgIpc) is 2.33. The number of ketones is 1. The Morgan fingerprint density at radius 3 is 2.81 bits per heavy atom. The highest BCUT2D eigenvalue weighted by atomic mass is 16.6. The first-order valence-electron chi connectivity index (χ1n) is 5.50. The Kier molecular flexibility index (Phi) is 3.36. The van der Waals surface area contributed by atoms with Crippen LogP contribution in [-0.4, -0.2) is 31.7 Å². The Labute approximate surface area is 95.4 Å². The summed E-state index contributed by atoms with van der Waals surface area (Å²) in [7, 11) is 0. The minimum Gasteiger partial charge on any atom is -0.376 e. The van der Waals surface area contributed by atoms with Crippen molar-refractivity contribution in [1.29, 1.82) is 0 Å². The van der Waals surface area contributed by atoms with Crippen molar-refractivity contribution < 1.29 is 14.3 Å². The molecule has 3 heteroatoms. The van der Waals surface area contributed by atoms with Gasteiger partial charge in [-0.2, -0.15) is 0 Å². The molecule has 1 aromatic rings. The van der Waals surface area contributed by atoms with Gasteiger partial charge in [0.25, 0.3) is 0 Å². The van der Waals surface area contributed by atoms with Crippen LogP contribution in [0.4, 0.5) is 0 Å². The molecule has 0 N–H and O–H groups in total. The second-order valence-corrected chi connectivity index (χ2v) is 4.05. The smallest absolute Gasteiger partial charge is 0.194 e. The number of Topliss-reactive ketones (excluding diaryl/α,β-unsaturated/α-hetero) is 1. The first-order chi connectivity index (χ1) is 7.70. The molecule has 1 unspecified atom stereocenters. The maximum absolute atomic E-state index is 12.2. The van der Waals surface area contributed by atoms with Gasteiger partial charge in [0, 0.05) is 5.56 Å². The summed E-state index contributed by atoms with van der Waals surface area (Å²) in [6.07, 6.45) is -0.436. The summed E-state index contributed by atoms with van der Waals surface area (Å²) in [4.78, 5) is 12.2. The van der Waals surface area contributed by atoms with Crippen LogP contribution in [0.25, 0.3) is 0 Å². The van der Waals surface area contributed by atoms with Gasteiger partial charge in [-0.15, -0.1) is 0 Å². The number of benzene rings is 1. The molecule has 1 aliphatic rings. The summed E-state index contributed by atoms with van der Waals surface area (Å²) in [6.45, 7) is 5.42. The van der Waals surface area contributed by atoms with E-state index in [1.165, 1.54) is 0 Å². The van der Waals surface area contributed by atoms with Crippen LogP contribution < -0.4 is 0 Å². The van der Waals surface area contributed by atoms with Gasteiger partial charge in [-0.25, -0.2) is 0 Å². The average molecular weight is 220 g/mol. The van der Waals surface area contributed by atoms with Crippen molar-refractivity contribution in [2.45, 2.75) is 20.0 Å². The van der Waals surface area contributed by atoms with Gasteiger partial charge in [0.15, 0.2) is 5.78 Å². The summed E-state index contributed by atoms with van der Waals surface area (Å²) in [5.74, 6) is 0.0286. The zero-order valence-electron chi connectivity index (χ0n) is 9.66. The molecule has 0 aromatic heterocycles. The maximum atomic E-state index is 12.2. The quantitative estimate of drug-likeness (QED) is 0.714. The molecular formula is C13H16O3. The van der Waals surface area contributed by atoms with E-state index < -0.39 is 6.10 Å². The van der Waals surface area contributed by atoms with E-state index >= 15 is 0 Å². The minimum atomic E-state index is -0.436. The number of rotatable bonds is 2. The number of hydrogen-bond acceptors (Lipinski definition) is 3. The maximum Gasteiger partial charge on any atom is 0.194 e. The fourth-order valence-corrected chi connectivity index (χ4v) is 1.83. The van der Waals surface area contributed by atoms with Crippen LogP contribution in [0.15, 0.2) is 18.2 Å². The zero-order valence-corrected chi connectivity index (χ0v) is 9.66. The molecule has 86 valence electrons. The molecule has 1 fully saturated rings. The lowest BCUT2D eigenvalue weighted by Crippen LogP contribution is -2.35. The standard InChI is InChI=1S/C13H16O3/c1-9-4-3-5-11(10(9)2)13(14)12-8-15-6-7-16-12/h3-5,12H,6-8H2,1-2H3. The molecule has 1 heterocycles. The number of aryl methyl sites for hydroxylation is 1. The van der Waals surface area contributed by atoms with E-state index in [9.17, 15) is 4.79 Å². The van der Waals surface area contributed by atoms with Crippen LogP contribution in [0.2, 0.25) is 0 Å². The van der Waals surface area contributed by atoms with E-state index in [-0.39, 0.29) is 5.78 Å². The van der Waals surface area contributed by atoms with Crippen molar-refractivity contribution in [3.05, 3.63) is 34.9 Å². The van der Waals surface area contributed by atoms with Crippen molar-refractivity contribution in [2.24, 2.45) is 0 Å². The summed E-state index contributed by atoms with van der Waals surface area (Å²) in [5, 5.41) is 0. The fourth-order valence-electron chi connectivity index (χ4n) is 1.83. The minimum absolute atomic E-state index is 0.0286. The van der Waals surface area contributed by atoms with Crippen LogP contribution in [0.5, 0.6) is 0 Å². The normalized spacial score (nSPS) is 20.8. The van der Waals surface area contributed by atoms with Crippen LogP contribution in [0, 0.1) is 13.8 Å². The predicted molar refractivity (Wildman–Crippen MR) is 60.8 cm³/mol. The van der Waals surface area contributed by atoms with Crippen molar-refractivity contribution in [2.75, 3.05) is 19.8 Å². The molecule has 1 aliphatic heterocycles. The van der Waals surface area contributed by atoms with Crippen LogP contribution in [-0.2, 0) is 9.47 Å². The van der Waals surface area contributed by atoms with Crippen LogP contribution >= 0.6 is 0 Å². The van der Waals surface area contributed by atoms with Crippen LogP contribution in [0.3, 0.4) is 0 Å². The van der Waals surface area contributed by atoms with Crippen molar-refractivity contribution in [3.63, 3.8) is 0 Å². The molecule has 1 aromatic carbocycles. The highest BCUT2D eigenvalue weighted by molar-refractivity contribution is 6.01. The molecule has 1 saturated heterocycles. The first-order valence-corrected chi connectivity index (χ1v) is 5.50.